The number of carbonyl (C=O) groups is 1. The van der Waals surface area contributed by atoms with Crippen molar-refractivity contribution in [1.29, 1.82) is 0 Å². The van der Waals surface area contributed by atoms with Gasteiger partial charge in [0.05, 0.1) is 4.90 Å². The minimum Gasteiger partial charge on any atom is -0.337 e. The third-order valence-corrected chi connectivity index (χ3v) is 7.45. The second-order valence-corrected chi connectivity index (χ2v) is 9.33. The molecular formula is C19H29N3O3S. The smallest absolute Gasteiger partial charge is 0.253 e. The summed E-state index contributed by atoms with van der Waals surface area (Å²) >= 11 is 0. The molecule has 0 spiro atoms. The van der Waals surface area contributed by atoms with Crippen molar-refractivity contribution in [2.24, 2.45) is 0 Å². The first kappa shape index (κ1) is 19.3. The summed E-state index contributed by atoms with van der Waals surface area (Å²) in [4.78, 5) is 17.2. The number of benzene rings is 1. The van der Waals surface area contributed by atoms with Crippen molar-refractivity contribution in [2.45, 2.75) is 43.5 Å². The minimum absolute atomic E-state index is 0.00857. The summed E-state index contributed by atoms with van der Waals surface area (Å²) < 4.78 is 27.7. The summed E-state index contributed by atoms with van der Waals surface area (Å²) in [6.07, 6.45) is 3.78. The fourth-order valence-corrected chi connectivity index (χ4v) is 5.53. The van der Waals surface area contributed by atoms with Gasteiger partial charge in [-0.1, -0.05) is 12.5 Å². The van der Waals surface area contributed by atoms with Crippen LogP contribution < -0.4 is 0 Å². The Morgan fingerprint density at radius 2 is 1.85 bits per heavy atom. The first-order chi connectivity index (χ1) is 12.4. The first-order valence-corrected chi connectivity index (χ1v) is 10.9. The van der Waals surface area contributed by atoms with Crippen LogP contribution in [0.3, 0.4) is 0 Å². The molecule has 26 heavy (non-hydrogen) atoms. The Bertz CT molecular complexity index is 750. The molecule has 1 unspecified atom stereocenters. The molecule has 6 nitrogen and oxygen atoms in total. The lowest BCUT2D eigenvalue weighted by atomic mass is 10.1. The van der Waals surface area contributed by atoms with E-state index in [4.69, 9.17) is 0 Å². The predicted octanol–water partition coefficient (Wildman–Crippen LogP) is 2.03. The van der Waals surface area contributed by atoms with Gasteiger partial charge in [-0.2, -0.15) is 4.31 Å². The van der Waals surface area contributed by atoms with Gasteiger partial charge < -0.3 is 9.80 Å². The van der Waals surface area contributed by atoms with E-state index in [0.29, 0.717) is 25.2 Å². The zero-order valence-corrected chi connectivity index (χ0v) is 16.5. The van der Waals surface area contributed by atoms with Crippen LogP contribution in [0, 0.1) is 0 Å². The Kier molecular flexibility index (Phi) is 5.99. The van der Waals surface area contributed by atoms with E-state index in [0.717, 1.165) is 38.8 Å². The summed E-state index contributed by atoms with van der Waals surface area (Å²) in [5.41, 5.74) is 0.459. The highest BCUT2D eigenvalue weighted by Gasteiger charge is 2.31. The molecule has 0 aromatic heterocycles. The minimum atomic E-state index is -3.56. The summed E-state index contributed by atoms with van der Waals surface area (Å²) in [7, 11) is -1.50. The van der Waals surface area contributed by atoms with Crippen LogP contribution in [-0.2, 0) is 10.0 Å². The molecule has 1 atom stereocenters. The maximum absolute atomic E-state index is 13.0. The zero-order valence-electron chi connectivity index (χ0n) is 15.7. The number of piperidine rings is 1. The molecule has 0 N–H and O–H groups in total. The largest absolute Gasteiger partial charge is 0.337 e. The van der Waals surface area contributed by atoms with Gasteiger partial charge >= 0.3 is 0 Å². The van der Waals surface area contributed by atoms with Crippen LogP contribution >= 0.6 is 0 Å². The molecule has 2 fully saturated rings. The van der Waals surface area contributed by atoms with Crippen molar-refractivity contribution in [2.75, 3.05) is 39.8 Å². The van der Waals surface area contributed by atoms with E-state index < -0.39 is 10.0 Å². The lowest BCUT2D eigenvalue weighted by Gasteiger charge is -2.32. The predicted molar refractivity (Wildman–Crippen MR) is 102 cm³/mol. The van der Waals surface area contributed by atoms with Gasteiger partial charge in [0.2, 0.25) is 10.0 Å². The average Bonchev–Trinajstić information content (AvgIpc) is 2.86. The molecule has 1 amide bonds. The number of hydrogen-bond acceptors (Lipinski definition) is 4. The number of amides is 1. The van der Waals surface area contributed by atoms with Crippen LogP contribution in [0.4, 0.5) is 0 Å². The lowest BCUT2D eigenvalue weighted by molar-refractivity contribution is 0.0762. The van der Waals surface area contributed by atoms with Crippen molar-refractivity contribution in [3.63, 3.8) is 0 Å². The van der Waals surface area contributed by atoms with Crippen molar-refractivity contribution >= 4 is 15.9 Å². The third kappa shape index (κ3) is 4.10. The number of hydrogen-bond donors (Lipinski definition) is 0. The fraction of sp³-hybridized carbons (Fsp3) is 0.632. The van der Waals surface area contributed by atoms with Crippen LogP contribution in [0.25, 0.3) is 0 Å². The standard InChI is InChI=1S/C19H29N3O3S/c1-16-7-3-4-12-22(16)26(24,25)18-9-5-8-17(15-18)19(23)21-11-6-10-20(2)13-14-21/h5,8-9,15-16H,3-4,6-7,10-14H2,1-2H3. The molecule has 1 aromatic rings. The van der Waals surface area contributed by atoms with Crippen LogP contribution in [0.5, 0.6) is 0 Å². The fourth-order valence-electron chi connectivity index (χ4n) is 3.79. The van der Waals surface area contributed by atoms with Crippen LogP contribution in [0.1, 0.15) is 43.0 Å². The van der Waals surface area contributed by atoms with Gasteiger partial charge in [-0.3, -0.25) is 4.79 Å². The summed E-state index contributed by atoms with van der Waals surface area (Å²) in [6.45, 7) is 5.72. The monoisotopic (exact) mass is 379 g/mol. The molecule has 3 rings (SSSR count). The van der Waals surface area contributed by atoms with Gasteiger partial charge in [0.25, 0.3) is 5.91 Å². The van der Waals surface area contributed by atoms with E-state index in [9.17, 15) is 13.2 Å². The van der Waals surface area contributed by atoms with Gasteiger partial charge in [-0.25, -0.2) is 8.42 Å². The second-order valence-electron chi connectivity index (χ2n) is 7.44. The molecule has 1 aromatic carbocycles. The normalized spacial score (nSPS) is 23.6. The number of rotatable bonds is 3. The van der Waals surface area contributed by atoms with Gasteiger partial charge in [-0.05, 0) is 58.0 Å². The van der Waals surface area contributed by atoms with Gasteiger partial charge in [0, 0.05) is 37.8 Å². The highest BCUT2D eigenvalue weighted by Crippen LogP contribution is 2.25. The Morgan fingerprint density at radius 3 is 2.62 bits per heavy atom. The topological polar surface area (TPSA) is 60.9 Å². The molecule has 2 heterocycles. The molecule has 2 aliphatic rings. The van der Waals surface area contributed by atoms with E-state index in [1.165, 1.54) is 0 Å². The molecule has 2 aliphatic heterocycles. The molecule has 144 valence electrons. The maximum Gasteiger partial charge on any atom is 0.253 e. The van der Waals surface area contributed by atoms with Gasteiger partial charge in [0.15, 0.2) is 0 Å². The quantitative estimate of drug-likeness (QED) is 0.806. The lowest BCUT2D eigenvalue weighted by Crippen LogP contribution is -2.42. The maximum atomic E-state index is 13.0. The number of sulfonamides is 1. The molecule has 0 bridgehead atoms. The SMILES string of the molecule is CC1CCCCN1S(=O)(=O)c1cccc(C(=O)N2CCCN(C)CC2)c1. The average molecular weight is 380 g/mol. The number of nitrogens with zero attached hydrogens (tertiary/aromatic N) is 3. The van der Waals surface area contributed by atoms with Crippen molar-refractivity contribution in [1.82, 2.24) is 14.1 Å². The summed E-state index contributed by atoms with van der Waals surface area (Å²) in [6, 6.07) is 6.56. The highest BCUT2D eigenvalue weighted by molar-refractivity contribution is 7.89. The van der Waals surface area contributed by atoms with Crippen molar-refractivity contribution in [3.8, 4) is 0 Å². The third-order valence-electron chi connectivity index (χ3n) is 5.44. The Hall–Kier alpha value is -1.44. The van der Waals surface area contributed by atoms with E-state index in [1.54, 1.807) is 28.6 Å². The van der Waals surface area contributed by atoms with Crippen LogP contribution in [0.2, 0.25) is 0 Å². The van der Waals surface area contributed by atoms with E-state index in [-0.39, 0.29) is 16.8 Å². The molecule has 0 radical (unpaired) electrons. The van der Waals surface area contributed by atoms with Crippen molar-refractivity contribution < 1.29 is 13.2 Å². The molecule has 0 aliphatic carbocycles. The zero-order chi connectivity index (χ0) is 18.7. The van der Waals surface area contributed by atoms with Crippen LogP contribution in [0.15, 0.2) is 29.2 Å². The van der Waals surface area contributed by atoms with Crippen molar-refractivity contribution in [3.05, 3.63) is 29.8 Å². The summed E-state index contributed by atoms with van der Waals surface area (Å²) in [5, 5.41) is 0. The van der Waals surface area contributed by atoms with Gasteiger partial charge in [0.1, 0.15) is 0 Å². The van der Waals surface area contributed by atoms with Gasteiger partial charge in [-0.15, -0.1) is 0 Å². The Balaban J connectivity index is 1.82. The molecule has 7 heteroatoms. The Morgan fingerprint density at radius 1 is 1.04 bits per heavy atom. The summed E-state index contributed by atoms with van der Waals surface area (Å²) in [5.74, 6) is -0.0796. The van der Waals surface area contributed by atoms with E-state index >= 15 is 0 Å². The Labute approximate surface area is 156 Å². The van der Waals surface area contributed by atoms with E-state index in [2.05, 4.69) is 11.9 Å². The number of likely N-dealkylation sites (N-methyl/N-ethyl adjacent to an activating group) is 1. The molecule has 0 saturated carbocycles. The highest BCUT2D eigenvalue weighted by atomic mass is 32.2. The second kappa shape index (κ2) is 8.06. The van der Waals surface area contributed by atoms with E-state index in [1.807, 2.05) is 11.8 Å². The molecule has 2 saturated heterocycles. The first-order valence-electron chi connectivity index (χ1n) is 9.49. The van der Waals surface area contributed by atoms with Crippen LogP contribution in [-0.4, -0.2) is 74.2 Å². The molecular weight excluding hydrogens is 350 g/mol. The number of carbonyl (C=O) groups excluding carboxylic acids is 1.